The molecule has 0 aliphatic carbocycles. The molecule has 0 amide bonds. The Morgan fingerprint density at radius 3 is 2.48 bits per heavy atom. The normalized spacial score (nSPS) is 14.6. The Morgan fingerprint density at radius 1 is 0.931 bits per heavy atom. The second kappa shape index (κ2) is 8.06. The molecule has 0 saturated heterocycles. The number of aliphatic imine (C=N–C) groups is 1. The van der Waals surface area contributed by atoms with Crippen LogP contribution in [-0.2, 0) is 16.1 Å². The lowest BCUT2D eigenvalue weighted by Crippen LogP contribution is -2.05. The number of halogens is 2. The van der Waals surface area contributed by atoms with Gasteiger partial charge in [-0.1, -0.05) is 36.4 Å². The minimum Gasteiger partial charge on any atom is -0.488 e. The summed E-state index contributed by atoms with van der Waals surface area (Å²) in [5.41, 5.74) is 1.74. The topological polar surface area (TPSA) is 47.9 Å². The summed E-state index contributed by atoms with van der Waals surface area (Å²) in [6, 6.07) is 18.9. The molecule has 6 heteroatoms. The molecule has 1 aliphatic heterocycles. The highest BCUT2D eigenvalue weighted by molar-refractivity contribution is 6.12. The summed E-state index contributed by atoms with van der Waals surface area (Å²) < 4.78 is 37.7. The van der Waals surface area contributed by atoms with Gasteiger partial charge in [-0.15, -0.1) is 0 Å². The molecular weight excluding hydrogens is 376 g/mol. The van der Waals surface area contributed by atoms with Crippen molar-refractivity contribution in [3.63, 3.8) is 0 Å². The number of nitrogens with zero attached hydrogens (tertiary/aromatic N) is 1. The van der Waals surface area contributed by atoms with Gasteiger partial charge in [-0.2, -0.15) is 0 Å². The Kier molecular flexibility index (Phi) is 5.16. The molecule has 3 aromatic rings. The van der Waals surface area contributed by atoms with Crippen molar-refractivity contribution >= 4 is 17.9 Å². The van der Waals surface area contributed by atoms with Crippen LogP contribution in [0.15, 0.2) is 83.5 Å². The first kappa shape index (κ1) is 18.6. The van der Waals surface area contributed by atoms with Crippen molar-refractivity contribution in [3.8, 4) is 5.75 Å². The van der Waals surface area contributed by atoms with Gasteiger partial charge < -0.3 is 9.47 Å². The number of esters is 1. The zero-order valence-corrected chi connectivity index (χ0v) is 15.1. The van der Waals surface area contributed by atoms with Gasteiger partial charge in [-0.3, -0.25) is 0 Å². The van der Waals surface area contributed by atoms with Crippen LogP contribution in [0.5, 0.6) is 5.75 Å². The van der Waals surface area contributed by atoms with Gasteiger partial charge in [0.25, 0.3) is 0 Å². The molecule has 4 rings (SSSR count). The lowest BCUT2D eigenvalue weighted by Gasteiger charge is -2.09. The summed E-state index contributed by atoms with van der Waals surface area (Å²) in [4.78, 5) is 16.4. The summed E-state index contributed by atoms with van der Waals surface area (Å²) >= 11 is 0. The van der Waals surface area contributed by atoms with E-state index in [1.54, 1.807) is 42.5 Å². The van der Waals surface area contributed by atoms with E-state index >= 15 is 0 Å². The van der Waals surface area contributed by atoms with Gasteiger partial charge in [0, 0.05) is 11.1 Å². The molecule has 144 valence electrons. The predicted octanol–water partition coefficient (Wildman–Crippen LogP) is 4.89. The van der Waals surface area contributed by atoms with Crippen molar-refractivity contribution in [1.82, 2.24) is 0 Å². The standard InChI is InChI=1S/C23H15F2NO3/c24-18-8-3-5-15(11-18)14-28-21-10-2-1-6-16(21)13-20-23(27)29-22(26-20)17-7-4-9-19(25)12-17/h1-13H,14H2/b20-13-. The fourth-order valence-corrected chi connectivity index (χ4v) is 2.82. The molecule has 0 atom stereocenters. The largest absolute Gasteiger partial charge is 0.488 e. The van der Waals surface area contributed by atoms with Gasteiger partial charge >= 0.3 is 5.97 Å². The zero-order chi connectivity index (χ0) is 20.2. The molecule has 29 heavy (non-hydrogen) atoms. The third kappa shape index (κ3) is 4.38. The molecule has 1 aliphatic rings. The van der Waals surface area contributed by atoms with Gasteiger partial charge in [-0.25, -0.2) is 18.6 Å². The van der Waals surface area contributed by atoms with E-state index in [2.05, 4.69) is 4.99 Å². The van der Waals surface area contributed by atoms with E-state index < -0.39 is 11.8 Å². The van der Waals surface area contributed by atoms with Crippen molar-refractivity contribution in [2.24, 2.45) is 4.99 Å². The van der Waals surface area contributed by atoms with Crippen LogP contribution in [-0.4, -0.2) is 11.9 Å². The van der Waals surface area contributed by atoms with Crippen LogP contribution in [0.4, 0.5) is 8.78 Å². The Morgan fingerprint density at radius 2 is 1.69 bits per heavy atom. The summed E-state index contributed by atoms with van der Waals surface area (Å²) in [6.45, 7) is 0.167. The fourth-order valence-electron chi connectivity index (χ4n) is 2.82. The third-order valence-corrected chi connectivity index (χ3v) is 4.19. The molecular formula is C23H15F2NO3. The van der Waals surface area contributed by atoms with Crippen LogP contribution in [0.3, 0.4) is 0 Å². The zero-order valence-electron chi connectivity index (χ0n) is 15.1. The smallest absolute Gasteiger partial charge is 0.363 e. The molecule has 0 bridgehead atoms. The Hall–Kier alpha value is -3.80. The first-order chi connectivity index (χ1) is 14.1. The lowest BCUT2D eigenvalue weighted by molar-refractivity contribution is -0.129. The van der Waals surface area contributed by atoms with Crippen molar-refractivity contribution in [3.05, 3.63) is 107 Å². The molecule has 0 unspecified atom stereocenters. The molecule has 0 N–H and O–H groups in total. The van der Waals surface area contributed by atoms with Crippen LogP contribution in [0, 0.1) is 11.6 Å². The quantitative estimate of drug-likeness (QED) is 0.460. The first-order valence-corrected chi connectivity index (χ1v) is 8.83. The first-order valence-electron chi connectivity index (χ1n) is 8.83. The van der Waals surface area contributed by atoms with E-state index in [0.717, 1.165) is 0 Å². The second-order valence-corrected chi connectivity index (χ2v) is 6.30. The summed E-state index contributed by atoms with van der Waals surface area (Å²) in [6.07, 6.45) is 1.54. The maximum Gasteiger partial charge on any atom is 0.363 e. The number of hydrogen-bond acceptors (Lipinski definition) is 4. The molecule has 3 aromatic carbocycles. The van der Waals surface area contributed by atoms with Crippen LogP contribution >= 0.6 is 0 Å². The SMILES string of the molecule is O=C1OC(c2cccc(F)c2)=N/C1=C\c1ccccc1OCc1cccc(F)c1. The highest BCUT2D eigenvalue weighted by atomic mass is 19.1. The van der Waals surface area contributed by atoms with E-state index in [1.165, 1.54) is 36.4 Å². The van der Waals surface area contributed by atoms with Crippen LogP contribution in [0.2, 0.25) is 0 Å². The number of para-hydroxylation sites is 1. The molecule has 0 aromatic heterocycles. The molecule has 0 radical (unpaired) electrons. The number of hydrogen-bond donors (Lipinski definition) is 0. The second-order valence-electron chi connectivity index (χ2n) is 6.30. The Bertz CT molecular complexity index is 1140. The van der Waals surface area contributed by atoms with Gasteiger partial charge in [0.2, 0.25) is 5.90 Å². The van der Waals surface area contributed by atoms with Crippen molar-refractivity contribution in [1.29, 1.82) is 0 Å². The van der Waals surface area contributed by atoms with Crippen molar-refractivity contribution in [2.45, 2.75) is 6.61 Å². The summed E-state index contributed by atoms with van der Waals surface area (Å²) in [5, 5.41) is 0. The van der Waals surface area contributed by atoms with Gasteiger partial charge in [-0.05, 0) is 48.0 Å². The van der Waals surface area contributed by atoms with Gasteiger partial charge in [0.05, 0.1) is 0 Å². The van der Waals surface area contributed by atoms with Gasteiger partial charge in [0.1, 0.15) is 24.0 Å². The number of cyclic esters (lactones) is 1. The number of benzene rings is 3. The molecule has 1 heterocycles. The van der Waals surface area contributed by atoms with E-state index in [9.17, 15) is 13.6 Å². The van der Waals surface area contributed by atoms with Crippen LogP contribution in [0.25, 0.3) is 6.08 Å². The average molecular weight is 391 g/mol. The highest BCUT2D eigenvalue weighted by Gasteiger charge is 2.24. The average Bonchev–Trinajstić information content (AvgIpc) is 3.08. The fraction of sp³-hybridized carbons (Fsp3) is 0.0435. The highest BCUT2D eigenvalue weighted by Crippen LogP contribution is 2.25. The Balaban J connectivity index is 1.58. The predicted molar refractivity (Wildman–Crippen MR) is 104 cm³/mol. The molecule has 0 spiro atoms. The molecule has 0 saturated carbocycles. The van der Waals surface area contributed by atoms with E-state index in [4.69, 9.17) is 9.47 Å². The minimum absolute atomic E-state index is 0.0407. The minimum atomic E-state index is -0.635. The Labute approximate surface area is 165 Å². The number of rotatable bonds is 5. The van der Waals surface area contributed by atoms with E-state index in [1.807, 2.05) is 0 Å². The van der Waals surface area contributed by atoms with Crippen molar-refractivity contribution in [2.75, 3.05) is 0 Å². The lowest BCUT2D eigenvalue weighted by atomic mass is 10.1. The van der Waals surface area contributed by atoms with E-state index in [-0.39, 0.29) is 24.0 Å². The summed E-state index contributed by atoms with van der Waals surface area (Å²) in [7, 11) is 0. The number of carbonyl (C=O) groups is 1. The maximum atomic E-state index is 13.4. The molecule has 4 nitrogen and oxygen atoms in total. The monoisotopic (exact) mass is 391 g/mol. The van der Waals surface area contributed by atoms with Crippen LogP contribution < -0.4 is 4.74 Å². The summed E-state index contributed by atoms with van der Waals surface area (Å²) in [5.74, 6) is -0.876. The third-order valence-electron chi connectivity index (χ3n) is 4.19. The number of carbonyl (C=O) groups excluding carboxylic acids is 1. The van der Waals surface area contributed by atoms with E-state index in [0.29, 0.717) is 22.4 Å². The van der Waals surface area contributed by atoms with Gasteiger partial charge in [0.15, 0.2) is 5.70 Å². The van der Waals surface area contributed by atoms with Crippen molar-refractivity contribution < 1.29 is 23.0 Å². The number of ether oxygens (including phenoxy) is 2. The maximum absolute atomic E-state index is 13.4. The van der Waals surface area contributed by atoms with Crippen LogP contribution in [0.1, 0.15) is 16.7 Å². The molecule has 0 fully saturated rings.